The van der Waals surface area contributed by atoms with E-state index in [4.69, 9.17) is 0 Å². The van der Waals surface area contributed by atoms with Crippen LogP contribution in [0.5, 0.6) is 0 Å². The molecule has 0 aliphatic rings. The highest BCUT2D eigenvalue weighted by Gasteiger charge is 2.21. The van der Waals surface area contributed by atoms with Crippen LogP contribution in [-0.4, -0.2) is 23.6 Å². The van der Waals surface area contributed by atoms with Gasteiger partial charge in [0.25, 0.3) is 0 Å². The van der Waals surface area contributed by atoms with Crippen LogP contribution in [0.25, 0.3) is 0 Å². The minimum atomic E-state index is 0.295. The van der Waals surface area contributed by atoms with Gasteiger partial charge >= 0.3 is 0 Å². The number of rotatable bonds is 5. The van der Waals surface area contributed by atoms with Crippen molar-refractivity contribution in [1.29, 1.82) is 0 Å². The Kier molecular flexibility index (Phi) is 5.15. The van der Waals surface area contributed by atoms with Crippen LogP contribution in [0.2, 0.25) is 0 Å². The lowest BCUT2D eigenvalue weighted by Crippen LogP contribution is -2.25. The van der Waals surface area contributed by atoms with E-state index in [1.165, 1.54) is 0 Å². The van der Waals surface area contributed by atoms with Crippen LogP contribution in [0.4, 0.5) is 11.6 Å². The Morgan fingerprint density at radius 3 is 2.16 bits per heavy atom. The molecule has 108 valence electrons. The first-order chi connectivity index (χ1) is 8.77. The lowest BCUT2D eigenvalue weighted by atomic mass is 9.82. The predicted octanol–water partition coefficient (Wildman–Crippen LogP) is 3.74. The minimum absolute atomic E-state index is 0.295. The Hall–Kier alpha value is -1.32. The summed E-state index contributed by atoms with van der Waals surface area (Å²) in [5, 5.41) is 6.63. The average molecular weight is 264 g/mol. The molecule has 0 bridgehead atoms. The third-order valence-corrected chi connectivity index (χ3v) is 3.75. The highest BCUT2D eigenvalue weighted by atomic mass is 15.1. The summed E-state index contributed by atoms with van der Waals surface area (Å²) < 4.78 is 0. The van der Waals surface area contributed by atoms with E-state index in [-0.39, 0.29) is 0 Å². The number of hydrogen-bond acceptors (Lipinski definition) is 4. The zero-order chi connectivity index (χ0) is 14.6. The first-order valence-corrected chi connectivity index (χ1v) is 7.03. The highest BCUT2D eigenvalue weighted by Crippen LogP contribution is 2.30. The normalized spacial score (nSPS) is 13.5. The van der Waals surface area contributed by atoms with Gasteiger partial charge in [-0.2, -0.15) is 0 Å². The summed E-state index contributed by atoms with van der Waals surface area (Å²) >= 11 is 0. The molecule has 1 atom stereocenters. The number of nitrogens with zero attached hydrogens (tertiary/aromatic N) is 2. The molecule has 19 heavy (non-hydrogen) atoms. The molecule has 0 saturated carbocycles. The van der Waals surface area contributed by atoms with E-state index in [9.17, 15) is 0 Å². The van der Waals surface area contributed by atoms with E-state index < -0.39 is 0 Å². The lowest BCUT2D eigenvalue weighted by Gasteiger charge is -2.28. The molecule has 1 aromatic heterocycles. The molecule has 1 rings (SSSR count). The molecule has 1 aromatic rings. The summed E-state index contributed by atoms with van der Waals surface area (Å²) in [5.74, 6) is 2.82. The van der Waals surface area contributed by atoms with Crippen LogP contribution in [0.3, 0.4) is 0 Å². The predicted molar refractivity (Wildman–Crippen MR) is 82.8 cm³/mol. The van der Waals surface area contributed by atoms with Crippen LogP contribution in [-0.2, 0) is 0 Å². The maximum Gasteiger partial charge on any atom is 0.134 e. The zero-order valence-corrected chi connectivity index (χ0v) is 13.3. The molecule has 0 spiro atoms. The second kappa shape index (κ2) is 6.22. The van der Waals surface area contributed by atoms with Gasteiger partial charge in [0.2, 0.25) is 0 Å². The van der Waals surface area contributed by atoms with Gasteiger partial charge in [-0.3, -0.25) is 0 Å². The second-order valence-corrected chi connectivity index (χ2v) is 6.54. The van der Waals surface area contributed by atoms with Crippen LogP contribution in [0.1, 0.15) is 53.0 Å². The molecule has 1 heterocycles. The Labute approximate surface area is 117 Å². The quantitative estimate of drug-likeness (QED) is 0.850. The Morgan fingerprint density at radius 2 is 1.68 bits per heavy atom. The minimum Gasteiger partial charge on any atom is -0.373 e. The van der Waals surface area contributed by atoms with Crippen molar-refractivity contribution in [3.63, 3.8) is 0 Å². The van der Waals surface area contributed by atoms with Crippen molar-refractivity contribution in [3.8, 4) is 0 Å². The molecule has 0 aliphatic heterocycles. The second-order valence-electron chi connectivity index (χ2n) is 6.54. The van der Waals surface area contributed by atoms with Crippen molar-refractivity contribution in [3.05, 3.63) is 11.9 Å². The Balaban J connectivity index is 2.90. The molecule has 4 nitrogen and oxygen atoms in total. The molecule has 1 unspecified atom stereocenters. The smallest absolute Gasteiger partial charge is 0.134 e. The lowest BCUT2D eigenvalue weighted by molar-refractivity contribution is 0.274. The van der Waals surface area contributed by atoms with Crippen LogP contribution in [0.15, 0.2) is 6.33 Å². The monoisotopic (exact) mass is 264 g/mol. The van der Waals surface area contributed by atoms with Gasteiger partial charge in [0.15, 0.2) is 0 Å². The van der Waals surface area contributed by atoms with Gasteiger partial charge in [0, 0.05) is 19.2 Å². The van der Waals surface area contributed by atoms with Crippen molar-refractivity contribution >= 4 is 11.6 Å². The molecular weight excluding hydrogens is 236 g/mol. The van der Waals surface area contributed by atoms with Crippen molar-refractivity contribution in [1.82, 2.24) is 9.97 Å². The molecule has 0 amide bonds. The fourth-order valence-electron chi connectivity index (χ4n) is 1.84. The number of nitrogens with one attached hydrogen (secondary N) is 2. The van der Waals surface area contributed by atoms with Gasteiger partial charge in [-0.25, -0.2) is 9.97 Å². The average Bonchev–Trinajstić information content (AvgIpc) is 2.33. The molecule has 0 radical (unpaired) electrons. The van der Waals surface area contributed by atoms with Gasteiger partial charge in [-0.15, -0.1) is 0 Å². The third-order valence-electron chi connectivity index (χ3n) is 3.75. The maximum absolute atomic E-state index is 4.40. The Bertz CT molecular complexity index is 407. The largest absolute Gasteiger partial charge is 0.373 e. The molecule has 4 heteroatoms. The highest BCUT2D eigenvalue weighted by molar-refractivity contribution is 5.58. The zero-order valence-electron chi connectivity index (χ0n) is 13.3. The van der Waals surface area contributed by atoms with Gasteiger partial charge in [0.1, 0.15) is 18.0 Å². The van der Waals surface area contributed by atoms with Crippen molar-refractivity contribution in [2.24, 2.45) is 11.3 Å². The summed E-state index contributed by atoms with van der Waals surface area (Å²) in [7, 11) is 1.90. The summed E-state index contributed by atoms with van der Waals surface area (Å²) in [6, 6.07) is 0. The van der Waals surface area contributed by atoms with E-state index in [1.54, 1.807) is 6.33 Å². The summed E-state index contributed by atoms with van der Waals surface area (Å²) in [5.41, 5.74) is 1.45. The van der Waals surface area contributed by atoms with E-state index in [0.29, 0.717) is 17.3 Å². The molecule has 0 aliphatic carbocycles. The van der Waals surface area contributed by atoms with E-state index in [2.05, 4.69) is 62.1 Å². The fraction of sp³-hybridized carbons (Fsp3) is 0.733. The maximum atomic E-state index is 4.40. The first-order valence-electron chi connectivity index (χ1n) is 7.03. The van der Waals surface area contributed by atoms with Gasteiger partial charge < -0.3 is 10.6 Å². The molecule has 0 fully saturated rings. The topological polar surface area (TPSA) is 49.8 Å². The van der Waals surface area contributed by atoms with Crippen LogP contribution >= 0.6 is 0 Å². The molecular formula is C15H28N4. The van der Waals surface area contributed by atoms with E-state index >= 15 is 0 Å². The van der Waals surface area contributed by atoms with Crippen molar-refractivity contribution in [2.75, 3.05) is 24.2 Å². The van der Waals surface area contributed by atoms with E-state index in [1.807, 2.05) is 7.05 Å². The number of hydrogen-bond donors (Lipinski definition) is 2. The first kappa shape index (κ1) is 15.7. The molecule has 0 aromatic carbocycles. The summed E-state index contributed by atoms with van der Waals surface area (Å²) in [4.78, 5) is 8.69. The molecule has 2 N–H and O–H groups in total. The van der Waals surface area contributed by atoms with Crippen LogP contribution < -0.4 is 10.6 Å². The molecule has 0 saturated heterocycles. The SMILES string of the molecule is CNc1ncnc(NCC(C)C(C)(C)C)c1C(C)C. The van der Waals surface area contributed by atoms with Gasteiger partial charge in [0.05, 0.1) is 0 Å². The van der Waals surface area contributed by atoms with Gasteiger partial charge in [-0.1, -0.05) is 41.5 Å². The fourth-order valence-corrected chi connectivity index (χ4v) is 1.84. The summed E-state index contributed by atoms with van der Waals surface area (Å²) in [6.07, 6.45) is 1.61. The Morgan fingerprint density at radius 1 is 1.11 bits per heavy atom. The van der Waals surface area contributed by atoms with Crippen molar-refractivity contribution in [2.45, 2.75) is 47.5 Å². The number of anilines is 2. The van der Waals surface area contributed by atoms with Crippen molar-refractivity contribution < 1.29 is 0 Å². The third kappa shape index (κ3) is 4.08. The van der Waals surface area contributed by atoms with Crippen LogP contribution in [0, 0.1) is 11.3 Å². The standard InChI is InChI=1S/C15H28N4/c1-10(2)12-13(16-7)18-9-19-14(12)17-8-11(3)15(4,5)6/h9-11H,8H2,1-7H3,(H2,16,17,18,19). The van der Waals surface area contributed by atoms with E-state index in [0.717, 1.165) is 23.7 Å². The number of aromatic nitrogens is 2. The summed E-state index contributed by atoms with van der Waals surface area (Å²) in [6.45, 7) is 14.3. The van der Waals surface area contributed by atoms with Gasteiger partial charge in [-0.05, 0) is 17.3 Å².